The van der Waals surface area contributed by atoms with E-state index in [2.05, 4.69) is 56.3 Å². The quantitative estimate of drug-likeness (QED) is 0.676. The van der Waals surface area contributed by atoms with E-state index in [0.29, 0.717) is 0 Å². The van der Waals surface area contributed by atoms with Crippen LogP contribution in [0.3, 0.4) is 0 Å². The average molecular weight is 340 g/mol. The molecule has 110 valence electrons. The summed E-state index contributed by atoms with van der Waals surface area (Å²) < 4.78 is 6.40. The molecule has 1 fully saturated rings. The first kappa shape index (κ1) is 15.3. The number of halogens is 1. The third-order valence-electron chi connectivity index (χ3n) is 3.51. The number of nitrogens with zero attached hydrogens (tertiary/aromatic N) is 2. The van der Waals surface area contributed by atoms with E-state index in [1.165, 1.54) is 5.56 Å². The third-order valence-corrected chi connectivity index (χ3v) is 4.29. The highest BCUT2D eigenvalue weighted by Gasteiger charge is 2.33. The Balaban J connectivity index is 1.92. The number of aliphatic imine (C=N–C) groups is 1. The molecule has 5 heteroatoms. The maximum Gasteiger partial charge on any atom is 0.193 e. The van der Waals surface area contributed by atoms with E-state index in [1.54, 1.807) is 0 Å². The van der Waals surface area contributed by atoms with Crippen molar-refractivity contribution >= 4 is 21.9 Å². The number of benzene rings is 1. The van der Waals surface area contributed by atoms with Crippen LogP contribution in [-0.4, -0.2) is 44.7 Å². The van der Waals surface area contributed by atoms with Gasteiger partial charge in [-0.05, 0) is 11.6 Å². The van der Waals surface area contributed by atoms with Gasteiger partial charge in [0.05, 0.1) is 13.2 Å². The fourth-order valence-electron chi connectivity index (χ4n) is 2.19. The predicted octanol–water partition coefficient (Wildman–Crippen LogP) is 2.49. The van der Waals surface area contributed by atoms with Crippen LogP contribution >= 0.6 is 15.9 Å². The van der Waals surface area contributed by atoms with Crippen LogP contribution < -0.4 is 5.32 Å². The summed E-state index contributed by atoms with van der Waals surface area (Å²) in [4.78, 5) is 6.48. The summed E-state index contributed by atoms with van der Waals surface area (Å²) in [6.07, 6.45) is 0. The molecule has 0 radical (unpaired) electrons. The zero-order chi connectivity index (χ0) is 14.6. The second kappa shape index (κ2) is 6.59. The Bertz CT molecular complexity index is 486. The van der Waals surface area contributed by atoms with E-state index in [-0.39, 0.29) is 5.41 Å². The molecule has 0 saturated carbocycles. The molecule has 1 N–H and O–H groups in total. The third kappa shape index (κ3) is 3.73. The summed E-state index contributed by atoms with van der Waals surface area (Å²) in [5.74, 6) is 0.911. The first-order valence-corrected chi connectivity index (χ1v) is 7.56. The standard InChI is InChI=1S/C15H22BrN3O/c1-15(10-20-11-15)9-18-14(17-2)19(3)8-12-6-4-5-7-13(12)16/h4-7H,8-11H2,1-3H3,(H,17,18). The first-order valence-electron chi connectivity index (χ1n) is 6.77. The number of ether oxygens (including phenoxy) is 1. The van der Waals surface area contributed by atoms with E-state index in [1.807, 2.05) is 20.2 Å². The smallest absolute Gasteiger partial charge is 0.193 e. The number of hydrogen-bond donors (Lipinski definition) is 1. The molecule has 1 aliphatic rings. The van der Waals surface area contributed by atoms with Crippen LogP contribution in [0.1, 0.15) is 12.5 Å². The second-order valence-electron chi connectivity index (χ2n) is 5.65. The molecule has 0 aromatic heterocycles. The minimum atomic E-state index is 0.240. The van der Waals surface area contributed by atoms with Gasteiger partial charge in [0.2, 0.25) is 0 Å². The number of rotatable bonds is 4. The van der Waals surface area contributed by atoms with E-state index in [4.69, 9.17) is 4.74 Å². The molecule has 1 heterocycles. The van der Waals surface area contributed by atoms with E-state index >= 15 is 0 Å². The summed E-state index contributed by atoms with van der Waals surface area (Å²) in [6, 6.07) is 8.26. The van der Waals surface area contributed by atoms with Crippen molar-refractivity contribution in [3.8, 4) is 0 Å². The summed E-state index contributed by atoms with van der Waals surface area (Å²) >= 11 is 3.58. The molecule has 1 saturated heterocycles. The van der Waals surface area contributed by atoms with Crippen LogP contribution in [0.15, 0.2) is 33.7 Å². The zero-order valence-electron chi connectivity index (χ0n) is 12.3. The van der Waals surface area contributed by atoms with Crippen molar-refractivity contribution in [3.63, 3.8) is 0 Å². The van der Waals surface area contributed by atoms with Crippen molar-refractivity contribution in [2.45, 2.75) is 13.5 Å². The van der Waals surface area contributed by atoms with Gasteiger partial charge in [-0.25, -0.2) is 0 Å². The average Bonchev–Trinajstić information content (AvgIpc) is 2.40. The highest BCUT2D eigenvalue weighted by molar-refractivity contribution is 9.10. The Labute approximate surface area is 129 Å². The molecule has 1 aromatic rings. The maximum atomic E-state index is 5.28. The van der Waals surface area contributed by atoms with Crippen molar-refractivity contribution in [3.05, 3.63) is 34.3 Å². The van der Waals surface area contributed by atoms with Crippen LogP contribution in [0.4, 0.5) is 0 Å². The van der Waals surface area contributed by atoms with E-state index in [0.717, 1.165) is 36.7 Å². The largest absolute Gasteiger partial charge is 0.380 e. The van der Waals surface area contributed by atoms with Crippen molar-refractivity contribution in [2.24, 2.45) is 10.4 Å². The van der Waals surface area contributed by atoms with Crippen molar-refractivity contribution in [2.75, 3.05) is 33.9 Å². The minimum Gasteiger partial charge on any atom is -0.380 e. The van der Waals surface area contributed by atoms with Gasteiger partial charge in [0.1, 0.15) is 0 Å². The Morgan fingerprint density at radius 1 is 1.45 bits per heavy atom. The lowest BCUT2D eigenvalue weighted by Crippen LogP contribution is -2.51. The molecule has 0 amide bonds. The molecule has 1 aromatic carbocycles. The summed E-state index contributed by atoms with van der Waals surface area (Å²) in [5, 5.41) is 3.43. The van der Waals surface area contributed by atoms with Gasteiger partial charge in [0, 0.05) is 37.1 Å². The lowest BCUT2D eigenvalue weighted by atomic mass is 9.89. The fraction of sp³-hybridized carbons (Fsp3) is 0.533. The first-order chi connectivity index (χ1) is 9.54. The van der Waals surface area contributed by atoms with Crippen molar-refractivity contribution < 1.29 is 4.74 Å². The monoisotopic (exact) mass is 339 g/mol. The second-order valence-corrected chi connectivity index (χ2v) is 6.51. The molecule has 4 nitrogen and oxygen atoms in total. The zero-order valence-corrected chi connectivity index (χ0v) is 13.9. The summed E-state index contributed by atoms with van der Waals surface area (Å²) in [5.41, 5.74) is 1.49. The van der Waals surface area contributed by atoms with Gasteiger partial charge in [-0.3, -0.25) is 4.99 Å². The van der Waals surface area contributed by atoms with Crippen LogP contribution in [0.2, 0.25) is 0 Å². The van der Waals surface area contributed by atoms with Crippen molar-refractivity contribution in [1.82, 2.24) is 10.2 Å². The fourth-order valence-corrected chi connectivity index (χ4v) is 2.60. The van der Waals surface area contributed by atoms with Crippen LogP contribution in [0, 0.1) is 5.41 Å². The Hall–Kier alpha value is -1.07. The maximum absolute atomic E-state index is 5.28. The molecule has 2 rings (SSSR count). The van der Waals surface area contributed by atoms with Crippen molar-refractivity contribution in [1.29, 1.82) is 0 Å². The van der Waals surface area contributed by atoms with Gasteiger partial charge in [0.25, 0.3) is 0 Å². The van der Waals surface area contributed by atoms with E-state index < -0.39 is 0 Å². The van der Waals surface area contributed by atoms with Gasteiger partial charge in [-0.15, -0.1) is 0 Å². The van der Waals surface area contributed by atoms with Gasteiger partial charge in [-0.1, -0.05) is 41.1 Å². The minimum absolute atomic E-state index is 0.240. The Morgan fingerprint density at radius 2 is 2.15 bits per heavy atom. The topological polar surface area (TPSA) is 36.9 Å². The molecular weight excluding hydrogens is 318 g/mol. The number of hydrogen-bond acceptors (Lipinski definition) is 2. The van der Waals surface area contributed by atoms with Crippen LogP contribution in [0.5, 0.6) is 0 Å². The summed E-state index contributed by atoms with van der Waals surface area (Å²) in [6.45, 7) is 5.58. The molecule has 1 aliphatic heterocycles. The molecule has 0 unspecified atom stereocenters. The predicted molar refractivity (Wildman–Crippen MR) is 85.9 cm³/mol. The normalized spacial score (nSPS) is 17.5. The summed E-state index contributed by atoms with van der Waals surface area (Å²) in [7, 11) is 3.87. The lowest BCUT2D eigenvalue weighted by Gasteiger charge is -2.39. The highest BCUT2D eigenvalue weighted by Crippen LogP contribution is 2.25. The molecule has 0 aliphatic carbocycles. The SMILES string of the molecule is CN=C(NCC1(C)COC1)N(C)Cc1ccccc1Br. The number of nitrogens with one attached hydrogen (secondary N) is 1. The molecule has 0 atom stereocenters. The van der Waals surface area contributed by atoms with E-state index in [9.17, 15) is 0 Å². The van der Waals surface area contributed by atoms with Gasteiger partial charge >= 0.3 is 0 Å². The van der Waals surface area contributed by atoms with Crippen LogP contribution in [-0.2, 0) is 11.3 Å². The lowest BCUT2D eigenvalue weighted by molar-refractivity contribution is -0.0972. The highest BCUT2D eigenvalue weighted by atomic mass is 79.9. The number of guanidine groups is 1. The molecule has 0 spiro atoms. The van der Waals surface area contributed by atoms with Crippen LogP contribution in [0.25, 0.3) is 0 Å². The van der Waals surface area contributed by atoms with Gasteiger partial charge in [0.15, 0.2) is 5.96 Å². The molecule has 20 heavy (non-hydrogen) atoms. The van der Waals surface area contributed by atoms with Gasteiger partial charge < -0.3 is 15.0 Å². The molecular formula is C15H22BrN3O. The Kier molecular flexibility index (Phi) is 5.05. The molecule has 0 bridgehead atoms. The Morgan fingerprint density at radius 3 is 2.70 bits per heavy atom. The van der Waals surface area contributed by atoms with Gasteiger partial charge in [-0.2, -0.15) is 0 Å².